The van der Waals surface area contributed by atoms with Crippen LogP contribution in [0.5, 0.6) is 0 Å². The molecule has 0 unspecified atom stereocenters. The molecule has 0 aromatic carbocycles. The molecule has 0 radical (unpaired) electrons. The third-order valence-electron chi connectivity index (χ3n) is 3.91. The zero-order valence-corrected chi connectivity index (χ0v) is 10.8. The molecule has 0 aromatic heterocycles. The fraction of sp³-hybridized carbons (Fsp3) is 0.846. The highest BCUT2D eigenvalue weighted by Crippen LogP contribution is 2.17. The van der Waals surface area contributed by atoms with Gasteiger partial charge in [0.25, 0.3) is 0 Å². The summed E-state index contributed by atoms with van der Waals surface area (Å²) in [6.45, 7) is 2.31. The second kappa shape index (κ2) is 6.60. The summed E-state index contributed by atoms with van der Waals surface area (Å²) in [6, 6.07) is 2.80. The molecular formula is C13H22N4O. The van der Waals surface area contributed by atoms with Gasteiger partial charge >= 0.3 is 6.03 Å². The fourth-order valence-electron chi connectivity index (χ4n) is 2.82. The number of nitrogens with zero attached hydrogens (tertiary/aromatic N) is 2. The maximum atomic E-state index is 11.8. The Morgan fingerprint density at radius 1 is 1.11 bits per heavy atom. The van der Waals surface area contributed by atoms with Crippen LogP contribution in [0.3, 0.4) is 0 Å². The largest absolute Gasteiger partial charge is 0.335 e. The monoisotopic (exact) mass is 250 g/mol. The van der Waals surface area contributed by atoms with Crippen molar-refractivity contribution in [1.29, 1.82) is 5.26 Å². The number of nitrogens with one attached hydrogen (secondary N) is 2. The smallest absolute Gasteiger partial charge is 0.315 e. The summed E-state index contributed by atoms with van der Waals surface area (Å²) >= 11 is 0. The standard InChI is InChI=1S/C13H22N4O/c14-7-10-17-8-5-12(6-9-17)16-13(18)15-11-3-1-2-4-11/h11-12H,1-6,8-10H2,(H2,15,16,18). The van der Waals surface area contributed by atoms with E-state index >= 15 is 0 Å². The topological polar surface area (TPSA) is 68.2 Å². The van der Waals surface area contributed by atoms with Crippen LogP contribution in [-0.2, 0) is 0 Å². The van der Waals surface area contributed by atoms with Crippen LogP contribution in [0.1, 0.15) is 38.5 Å². The van der Waals surface area contributed by atoms with Crippen LogP contribution < -0.4 is 10.6 Å². The zero-order valence-electron chi connectivity index (χ0n) is 10.8. The third-order valence-corrected chi connectivity index (χ3v) is 3.91. The molecule has 1 heterocycles. The number of amides is 2. The Labute approximate surface area is 109 Å². The van der Waals surface area contributed by atoms with Crippen molar-refractivity contribution in [3.05, 3.63) is 0 Å². The van der Waals surface area contributed by atoms with Crippen LogP contribution in [0.4, 0.5) is 4.79 Å². The molecule has 2 amide bonds. The molecule has 2 N–H and O–H groups in total. The third kappa shape index (κ3) is 3.88. The van der Waals surface area contributed by atoms with E-state index in [2.05, 4.69) is 21.6 Å². The van der Waals surface area contributed by atoms with Crippen molar-refractivity contribution in [2.75, 3.05) is 19.6 Å². The van der Waals surface area contributed by atoms with Crippen LogP contribution in [0, 0.1) is 11.3 Å². The molecule has 0 atom stereocenters. The summed E-state index contributed by atoms with van der Waals surface area (Å²) in [7, 11) is 0. The average molecular weight is 250 g/mol. The van der Waals surface area contributed by atoms with E-state index < -0.39 is 0 Å². The maximum Gasteiger partial charge on any atom is 0.315 e. The fourth-order valence-corrected chi connectivity index (χ4v) is 2.82. The molecule has 2 rings (SSSR count). The number of piperidine rings is 1. The van der Waals surface area contributed by atoms with E-state index in [0.717, 1.165) is 38.8 Å². The van der Waals surface area contributed by atoms with Crippen LogP contribution in [-0.4, -0.2) is 42.6 Å². The highest BCUT2D eigenvalue weighted by Gasteiger charge is 2.22. The molecule has 18 heavy (non-hydrogen) atoms. The molecule has 100 valence electrons. The maximum absolute atomic E-state index is 11.8. The lowest BCUT2D eigenvalue weighted by molar-refractivity contribution is 0.203. The molecular weight excluding hydrogens is 228 g/mol. The summed E-state index contributed by atoms with van der Waals surface area (Å²) in [5, 5.41) is 14.7. The number of nitriles is 1. The van der Waals surface area contributed by atoms with E-state index in [1.54, 1.807) is 0 Å². The summed E-state index contributed by atoms with van der Waals surface area (Å²) in [6.07, 6.45) is 6.59. The van der Waals surface area contributed by atoms with Crippen LogP contribution in [0.25, 0.3) is 0 Å². The molecule has 1 saturated carbocycles. The van der Waals surface area contributed by atoms with Gasteiger partial charge in [0, 0.05) is 25.2 Å². The van der Waals surface area contributed by atoms with Gasteiger partial charge in [0.05, 0.1) is 12.6 Å². The molecule has 2 fully saturated rings. The number of urea groups is 1. The molecule has 5 nitrogen and oxygen atoms in total. The summed E-state index contributed by atoms with van der Waals surface area (Å²) in [5.74, 6) is 0. The van der Waals surface area contributed by atoms with E-state index in [1.165, 1.54) is 12.8 Å². The minimum Gasteiger partial charge on any atom is -0.335 e. The van der Waals surface area contributed by atoms with Crippen LogP contribution >= 0.6 is 0 Å². The lowest BCUT2D eigenvalue weighted by Crippen LogP contribution is -2.49. The van der Waals surface area contributed by atoms with Gasteiger partial charge in [0.15, 0.2) is 0 Å². The van der Waals surface area contributed by atoms with E-state index in [9.17, 15) is 4.79 Å². The van der Waals surface area contributed by atoms with Gasteiger partial charge < -0.3 is 10.6 Å². The summed E-state index contributed by atoms with van der Waals surface area (Å²) < 4.78 is 0. The Balaban J connectivity index is 1.64. The molecule has 1 saturated heterocycles. The Kier molecular flexibility index (Phi) is 4.82. The van der Waals surface area contributed by atoms with E-state index in [1.807, 2.05) is 0 Å². The lowest BCUT2D eigenvalue weighted by Gasteiger charge is -2.31. The molecule has 0 spiro atoms. The van der Waals surface area contributed by atoms with Crippen molar-refractivity contribution in [2.45, 2.75) is 50.6 Å². The summed E-state index contributed by atoms with van der Waals surface area (Å²) in [5.41, 5.74) is 0. The second-order valence-corrected chi connectivity index (χ2v) is 5.31. The molecule has 5 heteroatoms. The van der Waals surface area contributed by atoms with Crippen molar-refractivity contribution in [2.24, 2.45) is 0 Å². The number of carbonyl (C=O) groups is 1. The first-order valence-electron chi connectivity index (χ1n) is 6.94. The van der Waals surface area contributed by atoms with Crippen molar-refractivity contribution in [3.8, 4) is 6.07 Å². The minimum absolute atomic E-state index is 0.0133. The van der Waals surface area contributed by atoms with Gasteiger partial charge in [-0.1, -0.05) is 12.8 Å². The number of carbonyl (C=O) groups excluding carboxylic acids is 1. The van der Waals surface area contributed by atoms with Crippen molar-refractivity contribution < 1.29 is 4.79 Å². The molecule has 0 bridgehead atoms. The first-order chi connectivity index (χ1) is 8.78. The van der Waals surface area contributed by atoms with Gasteiger partial charge in [0.1, 0.15) is 0 Å². The first kappa shape index (κ1) is 13.2. The lowest BCUT2D eigenvalue weighted by atomic mass is 10.1. The van der Waals surface area contributed by atoms with Crippen molar-refractivity contribution >= 4 is 6.03 Å². The SMILES string of the molecule is N#CCN1CCC(NC(=O)NC2CCCC2)CC1. The quantitative estimate of drug-likeness (QED) is 0.740. The molecule has 1 aliphatic carbocycles. The van der Waals surface area contributed by atoms with Crippen LogP contribution in [0.15, 0.2) is 0 Å². The number of hydrogen-bond acceptors (Lipinski definition) is 3. The van der Waals surface area contributed by atoms with E-state index in [4.69, 9.17) is 5.26 Å². The molecule has 0 aromatic rings. The average Bonchev–Trinajstić information content (AvgIpc) is 2.84. The first-order valence-corrected chi connectivity index (χ1v) is 6.94. The van der Waals surface area contributed by atoms with Gasteiger partial charge in [0.2, 0.25) is 0 Å². The van der Waals surface area contributed by atoms with Crippen LogP contribution in [0.2, 0.25) is 0 Å². The number of rotatable bonds is 3. The van der Waals surface area contributed by atoms with Crippen molar-refractivity contribution in [1.82, 2.24) is 15.5 Å². The Bertz CT molecular complexity index is 311. The predicted octanol–water partition coefficient (Wildman–Crippen LogP) is 1.22. The van der Waals surface area contributed by atoms with Gasteiger partial charge in [-0.3, -0.25) is 4.90 Å². The normalized spacial score (nSPS) is 22.6. The number of hydrogen-bond donors (Lipinski definition) is 2. The second-order valence-electron chi connectivity index (χ2n) is 5.31. The Morgan fingerprint density at radius 2 is 1.67 bits per heavy atom. The van der Waals surface area contributed by atoms with Gasteiger partial charge in [-0.05, 0) is 25.7 Å². The number of likely N-dealkylation sites (tertiary alicyclic amines) is 1. The highest BCUT2D eigenvalue weighted by molar-refractivity contribution is 5.74. The molecule has 1 aliphatic heterocycles. The minimum atomic E-state index is -0.0133. The van der Waals surface area contributed by atoms with E-state index in [0.29, 0.717) is 12.6 Å². The highest BCUT2D eigenvalue weighted by atomic mass is 16.2. The zero-order chi connectivity index (χ0) is 12.8. The molecule has 2 aliphatic rings. The predicted molar refractivity (Wildman–Crippen MR) is 69.0 cm³/mol. The Morgan fingerprint density at radius 3 is 2.22 bits per heavy atom. The summed E-state index contributed by atoms with van der Waals surface area (Å²) in [4.78, 5) is 13.9. The van der Waals surface area contributed by atoms with Gasteiger partial charge in [-0.25, -0.2) is 4.79 Å². The van der Waals surface area contributed by atoms with E-state index in [-0.39, 0.29) is 12.1 Å². The van der Waals surface area contributed by atoms with Gasteiger partial charge in [-0.15, -0.1) is 0 Å². The Hall–Kier alpha value is -1.28. The van der Waals surface area contributed by atoms with Crippen molar-refractivity contribution in [3.63, 3.8) is 0 Å². The van der Waals surface area contributed by atoms with Gasteiger partial charge in [-0.2, -0.15) is 5.26 Å².